The Bertz CT molecular complexity index is 939. The zero-order valence-electron chi connectivity index (χ0n) is 21.2. The Labute approximate surface area is 209 Å². The summed E-state index contributed by atoms with van der Waals surface area (Å²) in [6.45, 7) is 15.9. The van der Waals surface area contributed by atoms with Gasteiger partial charge in [0.05, 0.1) is 0 Å². The van der Waals surface area contributed by atoms with Crippen LogP contribution in [0.4, 0.5) is 10.1 Å². The molecule has 8 heteroatoms. The number of anilines is 1. The van der Waals surface area contributed by atoms with Gasteiger partial charge in [0.2, 0.25) is 0 Å². The van der Waals surface area contributed by atoms with Crippen LogP contribution in [0.2, 0.25) is 0 Å². The molecule has 0 spiro atoms. The van der Waals surface area contributed by atoms with Gasteiger partial charge in [0.25, 0.3) is 0 Å². The number of hydrogen-bond acceptors (Lipinski definition) is 4. The fraction of sp³-hybridized carbons (Fsp3) is 0.462. The zero-order chi connectivity index (χ0) is 25.5. The first-order valence-electron chi connectivity index (χ1n) is 12.0. The van der Waals surface area contributed by atoms with E-state index in [0.717, 1.165) is 29.6 Å². The van der Waals surface area contributed by atoms with E-state index in [0.29, 0.717) is 30.0 Å². The molecule has 1 aliphatic heterocycles. The van der Waals surface area contributed by atoms with Gasteiger partial charge in [-0.15, -0.1) is 0 Å². The van der Waals surface area contributed by atoms with Crippen molar-refractivity contribution in [2.45, 2.75) is 48.1 Å². The van der Waals surface area contributed by atoms with E-state index in [4.69, 9.17) is 4.74 Å². The molecule has 6 nitrogen and oxygen atoms in total. The van der Waals surface area contributed by atoms with E-state index in [9.17, 15) is 14.0 Å². The first kappa shape index (κ1) is 29.8. The van der Waals surface area contributed by atoms with Gasteiger partial charge in [0.15, 0.2) is 0 Å². The van der Waals surface area contributed by atoms with E-state index in [1.807, 2.05) is 39.8 Å². The van der Waals surface area contributed by atoms with Crippen LogP contribution in [0.15, 0.2) is 29.2 Å². The summed E-state index contributed by atoms with van der Waals surface area (Å²) in [5.74, 6) is -0.720. The molecule has 0 saturated carbocycles. The number of amides is 2. The monoisotopic (exact) mass is 539 g/mol. The van der Waals surface area contributed by atoms with Crippen molar-refractivity contribution < 1.29 is 18.7 Å². The number of nitrogens with one attached hydrogen (secondary N) is 2. The van der Waals surface area contributed by atoms with Gasteiger partial charge in [-0.25, -0.2) is 0 Å². The molecule has 0 radical (unpaired) electrons. The standard InChI is InChI=1S/C22H26FN3O3Se.2C2H6/c1-3-26(4-2)8-7-24-21(27)13-29-12-15-9-17(30-14-15)11-19-18-10-16(23)5-6-20(18)25-22(19)28;2*1-2/h5-6,9-11,14H,3-4,7-8,12-13H2,1-2H3,(H,24,27)(H,25,28);2*1-2H3/b19-11-;;. The molecule has 1 aromatic carbocycles. The van der Waals surface area contributed by atoms with Gasteiger partial charge in [-0.1, -0.05) is 27.7 Å². The van der Waals surface area contributed by atoms with Crippen molar-refractivity contribution in [2.75, 3.05) is 38.1 Å². The summed E-state index contributed by atoms with van der Waals surface area (Å²) in [6, 6.07) is 6.24. The molecule has 1 aliphatic rings. The second kappa shape index (κ2) is 16.4. The maximum absolute atomic E-state index is 13.6. The third-order valence-corrected chi connectivity index (χ3v) is 6.82. The first-order valence-corrected chi connectivity index (χ1v) is 13.8. The van der Waals surface area contributed by atoms with Crippen LogP contribution in [-0.2, 0) is 20.9 Å². The number of fused-ring (bicyclic) bond motifs is 1. The van der Waals surface area contributed by atoms with Crippen molar-refractivity contribution in [1.29, 1.82) is 0 Å². The molecular weight excluding hydrogens is 500 g/mol. The third-order valence-electron chi connectivity index (χ3n) is 4.87. The molecule has 3 rings (SSSR count). The molecule has 2 aromatic rings. The summed E-state index contributed by atoms with van der Waals surface area (Å²) in [5, 5.41) is 5.62. The van der Waals surface area contributed by atoms with E-state index in [1.165, 1.54) is 12.1 Å². The van der Waals surface area contributed by atoms with Crippen LogP contribution in [-0.4, -0.2) is 64.0 Å². The van der Waals surface area contributed by atoms with E-state index in [1.54, 1.807) is 6.07 Å². The number of hydrogen-bond donors (Lipinski definition) is 2. The molecule has 2 N–H and O–H groups in total. The minimum atomic E-state index is -0.371. The Kier molecular flexibility index (Phi) is 14.4. The summed E-state index contributed by atoms with van der Waals surface area (Å²) in [5.41, 5.74) is 2.67. The van der Waals surface area contributed by atoms with Crippen LogP contribution in [0.5, 0.6) is 0 Å². The van der Waals surface area contributed by atoms with Crippen molar-refractivity contribution in [3.05, 3.63) is 50.6 Å². The minimum absolute atomic E-state index is 0.0158. The molecular formula is C26H38FN3O3Se. The number of carbonyl (C=O) groups is 2. The maximum atomic E-state index is 13.6. The van der Waals surface area contributed by atoms with Gasteiger partial charge < -0.3 is 0 Å². The number of nitrogens with zero attached hydrogens (tertiary/aromatic N) is 1. The van der Waals surface area contributed by atoms with E-state index < -0.39 is 0 Å². The summed E-state index contributed by atoms with van der Waals surface area (Å²) >= 11 is 0.0636. The van der Waals surface area contributed by atoms with E-state index in [-0.39, 0.29) is 38.7 Å². The number of ether oxygens (including phenoxy) is 1. The van der Waals surface area contributed by atoms with Gasteiger partial charge in [0.1, 0.15) is 0 Å². The molecule has 0 unspecified atom stereocenters. The van der Waals surface area contributed by atoms with Crippen LogP contribution < -0.4 is 10.6 Å². The second-order valence-electron chi connectivity index (χ2n) is 6.93. The predicted octanol–water partition coefficient (Wildman–Crippen LogP) is 4.40. The molecule has 0 saturated heterocycles. The second-order valence-corrected chi connectivity index (χ2v) is 8.91. The summed E-state index contributed by atoms with van der Waals surface area (Å²) in [7, 11) is 0. The molecule has 0 fully saturated rings. The summed E-state index contributed by atoms with van der Waals surface area (Å²) < 4.78 is 20.1. The topological polar surface area (TPSA) is 70.7 Å². The molecule has 2 amide bonds. The molecule has 2 heterocycles. The van der Waals surface area contributed by atoms with E-state index >= 15 is 0 Å². The number of halogens is 1. The van der Waals surface area contributed by atoms with Crippen molar-refractivity contribution in [3.8, 4) is 0 Å². The first-order chi connectivity index (χ1) is 16.5. The Morgan fingerprint density at radius 3 is 2.56 bits per heavy atom. The van der Waals surface area contributed by atoms with Crippen LogP contribution in [0.1, 0.15) is 57.1 Å². The average molecular weight is 539 g/mol. The number of carbonyl (C=O) groups excluding carboxylic acids is 2. The number of benzene rings is 1. The van der Waals surface area contributed by atoms with Crippen molar-refractivity contribution >= 4 is 43.7 Å². The Morgan fingerprint density at radius 2 is 1.88 bits per heavy atom. The average Bonchev–Trinajstić information content (AvgIpc) is 3.43. The van der Waals surface area contributed by atoms with Crippen molar-refractivity contribution in [1.82, 2.24) is 10.2 Å². The van der Waals surface area contributed by atoms with Crippen molar-refractivity contribution in [2.24, 2.45) is 0 Å². The Balaban J connectivity index is 0.00000137. The van der Waals surface area contributed by atoms with Crippen molar-refractivity contribution in [3.63, 3.8) is 0 Å². The molecule has 0 aliphatic carbocycles. The third kappa shape index (κ3) is 9.18. The van der Waals surface area contributed by atoms with Crippen LogP contribution in [0, 0.1) is 5.82 Å². The molecule has 1 aromatic heterocycles. The quantitative estimate of drug-likeness (QED) is 0.348. The zero-order valence-corrected chi connectivity index (χ0v) is 22.9. The molecule has 34 heavy (non-hydrogen) atoms. The van der Waals surface area contributed by atoms with Crippen LogP contribution >= 0.6 is 0 Å². The normalized spacial score (nSPS) is 12.9. The van der Waals surface area contributed by atoms with E-state index in [2.05, 4.69) is 34.3 Å². The Morgan fingerprint density at radius 1 is 1.18 bits per heavy atom. The van der Waals surface area contributed by atoms with Crippen LogP contribution in [0.25, 0.3) is 11.6 Å². The fourth-order valence-corrected chi connectivity index (χ4v) is 4.94. The van der Waals surface area contributed by atoms with Gasteiger partial charge >= 0.3 is 182 Å². The molecule has 188 valence electrons. The van der Waals surface area contributed by atoms with Gasteiger partial charge in [-0.05, 0) is 0 Å². The Hall–Kier alpha value is -2.25. The van der Waals surface area contributed by atoms with Crippen LogP contribution in [0.3, 0.4) is 0 Å². The SMILES string of the molecule is CC.CC.CCN(CC)CCNC(=O)COCc1c[se]c(/C=C2\C(=O)Nc3ccc(F)cc32)c1. The van der Waals surface area contributed by atoms with Gasteiger partial charge in [-0.3, -0.25) is 0 Å². The molecule has 0 atom stereocenters. The predicted molar refractivity (Wildman–Crippen MR) is 139 cm³/mol. The number of rotatable bonds is 10. The molecule has 0 bridgehead atoms. The van der Waals surface area contributed by atoms with Gasteiger partial charge in [0, 0.05) is 0 Å². The summed E-state index contributed by atoms with van der Waals surface area (Å²) in [4.78, 5) is 28.4. The fourth-order valence-electron chi connectivity index (χ4n) is 3.20. The van der Waals surface area contributed by atoms with Gasteiger partial charge in [-0.2, -0.15) is 0 Å². The number of likely N-dealkylation sites (N-methyl/N-ethyl adjacent to an activating group) is 1. The summed E-state index contributed by atoms with van der Waals surface area (Å²) in [6.07, 6.45) is 1.81.